The summed E-state index contributed by atoms with van der Waals surface area (Å²) < 4.78 is 4.83. The maximum Gasteiger partial charge on any atom is 0.305 e. The summed E-state index contributed by atoms with van der Waals surface area (Å²) >= 11 is 1.63. The number of rotatable bonds is 9. The van der Waals surface area contributed by atoms with Gasteiger partial charge in [0, 0.05) is 20.0 Å². The van der Waals surface area contributed by atoms with E-state index >= 15 is 0 Å². The van der Waals surface area contributed by atoms with Gasteiger partial charge in [-0.3, -0.25) is 9.59 Å². The number of ether oxygens (including phenoxy) is 1. The van der Waals surface area contributed by atoms with E-state index < -0.39 is 0 Å². The van der Waals surface area contributed by atoms with E-state index in [4.69, 9.17) is 4.74 Å². The summed E-state index contributed by atoms with van der Waals surface area (Å²) in [6, 6.07) is 2.02. The van der Waals surface area contributed by atoms with Gasteiger partial charge in [-0.15, -0.1) is 0 Å². The van der Waals surface area contributed by atoms with E-state index in [1.54, 1.807) is 30.2 Å². The van der Waals surface area contributed by atoms with Crippen molar-refractivity contribution < 1.29 is 14.3 Å². The van der Waals surface area contributed by atoms with Gasteiger partial charge in [0.05, 0.1) is 13.2 Å². The van der Waals surface area contributed by atoms with Gasteiger partial charge in [-0.2, -0.15) is 11.3 Å². The van der Waals surface area contributed by atoms with Crippen molar-refractivity contribution in [3.8, 4) is 0 Å². The third kappa shape index (κ3) is 6.68. The molecule has 0 bridgehead atoms. The lowest BCUT2D eigenvalue weighted by Gasteiger charge is -2.16. The van der Waals surface area contributed by atoms with Crippen molar-refractivity contribution in [3.63, 3.8) is 0 Å². The van der Waals surface area contributed by atoms with Crippen LogP contribution in [0.15, 0.2) is 16.8 Å². The Kier molecular flexibility index (Phi) is 7.91. The van der Waals surface area contributed by atoms with E-state index in [0.717, 1.165) is 5.56 Å². The van der Waals surface area contributed by atoms with Gasteiger partial charge in [-0.05, 0) is 42.3 Å². The highest BCUT2D eigenvalue weighted by Gasteiger charge is 2.09. The minimum atomic E-state index is -0.185. The zero-order chi connectivity index (χ0) is 14.8. The standard InChI is InChI=1S/C14H22N2O3S/c1-3-19-14(18)5-4-7-15-9-13(17)16(2)10-12-6-8-20-11-12/h6,8,11,15H,3-5,7,9-10H2,1-2H3. The molecule has 1 heterocycles. The molecule has 0 fully saturated rings. The van der Waals surface area contributed by atoms with Crippen LogP contribution in [-0.4, -0.2) is 43.5 Å². The van der Waals surface area contributed by atoms with Crippen molar-refractivity contribution in [2.75, 3.05) is 26.7 Å². The van der Waals surface area contributed by atoms with Gasteiger partial charge in [0.25, 0.3) is 0 Å². The van der Waals surface area contributed by atoms with E-state index in [0.29, 0.717) is 39.1 Å². The molecule has 0 aliphatic heterocycles. The average Bonchev–Trinajstić information content (AvgIpc) is 2.91. The number of hydrogen-bond donors (Lipinski definition) is 1. The van der Waals surface area contributed by atoms with Gasteiger partial charge in [-0.1, -0.05) is 0 Å². The predicted octanol–water partition coefficient (Wildman–Crippen LogP) is 1.64. The molecule has 1 aromatic rings. The summed E-state index contributed by atoms with van der Waals surface area (Å²) in [5.41, 5.74) is 1.15. The topological polar surface area (TPSA) is 58.6 Å². The molecular formula is C14H22N2O3S. The molecule has 1 N–H and O–H groups in total. The molecule has 0 aliphatic carbocycles. The summed E-state index contributed by atoms with van der Waals surface area (Å²) in [6.45, 7) is 3.77. The molecule has 1 rings (SSSR count). The number of amides is 1. The number of thiophene rings is 1. The Morgan fingerprint density at radius 2 is 2.25 bits per heavy atom. The fourth-order valence-corrected chi connectivity index (χ4v) is 2.33. The molecule has 0 radical (unpaired) electrons. The second-order valence-corrected chi connectivity index (χ2v) is 5.25. The quantitative estimate of drug-likeness (QED) is 0.556. The lowest BCUT2D eigenvalue weighted by molar-refractivity contribution is -0.143. The van der Waals surface area contributed by atoms with E-state index in [1.165, 1.54) is 0 Å². The van der Waals surface area contributed by atoms with Crippen LogP contribution in [0, 0.1) is 0 Å². The average molecular weight is 298 g/mol. The van der Waals surface area contributed by atoms with Crippen molar-refractivity contribution in [2.45, 2.75) is 26.3 Å². The Labute approximate surface area is 123 Å². The first-order valence-electron chi connectivity index (χ1n) is 6.75. The van der Waals surface area contributed by atoms with E-state index in [1.807, 2.05) is 16.8 Å². The summed E-state index contributed by atoms with van der Waals surface area (Å²) in [7, 11) is 1.79. The molecule has 0 atom stereocenters. The van der Waals surface area contributed by atoms with Crippen LogP contribution >= 0.6 is 11.3 Å². The molecule has 5 nitrogen and oxygen atoms in total. The van der Waals surface area contributed by atoms with E-state index in [9.17, 15) is 9.59 Å². The van der Waals surface area contributed by atoms with Crippen LogP contribution in [0.1, 0.15) is 25.3 Å². The van der Waals surface area contributed by atoms with Crippen molar-refractivity contribution in [2.24, 2.45) is 0 Å². The molecule has 0 saturated heterocycles. The fourth-order valence-electron chi connectivity index (χ4n) is 1.67. The molecule has 0 aliphatic rings. The van der Waals surface area contributed by atoms with Crippen molar-refractivity contribution in [1.29, 1.82) is 0 Å². The number of nitrogens with zero attached hydrogens (tertiary/aromatic N) is 1. The summed E-state index contributed by atoms with van der Waals surface area (Å²) in [5.74, 6) is -0.137. The number of hydrogen-bond acceptors (Lipinski definition) is 5. The molecule has 20 heavy (non-hydrogen) atoms. The van der Waals surface area contributed by atoms with Crippen LogP contribution < -0.4 is 5.32 Å². The highest BCUT2D eigenvalue weighted by molar-refractivity contribution is 7.07. The van der Waals surface area contributed by atoms with Gasteiger partial charge in [0.1, 0.15) is 0 Å². The minimum absolute atomic E-state index is 0.0485. The highest BCUT2D eigenvalue weighted by atomic mass is 32.1. The molecule has 0 saturated carbocycles. The largest absolute Gasteiger partial charge is 0.466 e. The van der Waals surface area contributed by atoms with Gasteiger partial charge in [0.15, 0.2) is 0 Å². The van der Waals surface area contributed by atoms with Crippen LogP contribution in [0.3, 0.4) is 0 Å². The van der Waals surface area contributed by atoms with Crippen LogP contribution in [0.5, 0.6) is 0 Å². The lowest BCUT2D eigenvalue weighted by Crippen LogP contribution is -2.35. The zero-order valence-corrected chi connectivity index (χ0v) is 12.9. The van der Waals surface area contributed by atoms with Gasteiger partial charge >= 0.3 is 5.97 Å². The molecule has 6 heteroatoms. The predicted molar refractivity (Wildman–Crippen MR) is 79.5 cm³/mol. The van der Waals surface area contributed by atoms with Crippen molar-refractivity contribution in [1.82, 2.24) is 10.2 Å². The van der Waals surface area contributed by atoms with Crippen LogP contribution in [-0.2, 0) is 20.9 Å². The lowest BCUT2D eigenvalue weighted by atomic mass is 10.3. The second-order valence-electron chi connectivity index (χ2n) is 4.47. The first-order valence-corrected chi connectivity index (χ1v) is 7.69. The normalized spacial score (nSPS) is 10.3. The minimum Gasteiger partial charge on any atom is -0.466 e. The summed E-state index contributed by atoms with van der Waals surface area (Å²) in [5, 5.41) is 7.09. The van der Waals surface area contributed by atoms with Crippen LogP contribution in [0.25, 0.3) is 0 Å². The third-order valence-electron chi connectivity index (χ3n) is 2.74. The molecule has 112 valence electrons. The van der Waals surface area contributed by atoms with Crippen LogP contribution in [0.4, 0.5) is 0 Å². The van der Waals surface area contributed by atoms with Crippen molar-refractivity contribution >= 4 is 23.2 Å². The molecular weight excluding hydrogens is 276 g/mol. The fraction of sp³-hybridized carbons (Fsp3) is 0.571. The maximum atomic E-state index is 11.8. The Balaban J connectivity index is 2.09. The summed E-state index contributed by atoms with van der Waals surface area (Å²) in [4.78, 5) is 24.6. The number of carbonyl (C=O) groups excluding carboxylic acids is 2. The summed E-state index contributed by atoms with van der Waals surface area (Å²) in [6.07, 6.45) is 1.07. The number of carbonyl (C=O) groups is 2. The highest BCUT2D eigenvalue weighted by Crippen LogP contribution is 2.08. The smallest absolute Gasteiger partial charge is 0.305 e. The van der Waals surface area contributed by atoms with Gasteiger partial charge < -0.3 is 15.0 Å². The van der Waals surface area contributed by atoms with Gasteiger partial charge in [-0.25, -0.2) is 0 Å². The first-order chi connectivity index (χ1) is 9.63. The molecule has 1 aromatic heterocycles. The molecule has 0 unspecified atom stereocenters. The zero-order valence-electron chi connectivity index (χ0n) is 12.1. The Morgan fingerprint density at radius 1 is 1.45 bits per heavy atom. The Hall–Kier alpha value is -1.40. The second kappa shape index (κ2) is 9.50. The van der Waals surface area contributed by atoms with Crippen molar-refractivity contribution in [3.05, 3.63) is 22.4 Å². The van der Waals surface area contributed by atoms with E-state index in [-0.39, 0.29) is 11.9 Å². The SMILES string of the molecule is CCOC(=O)CCCNCC(=O)N(C)Cc1ccsc1. The maximum absolute atomic E-state index is 11.8. The number of esters is 1. The molecule has 0 aromatic carbocycles. The molecule has 1 amide bonds. The van der Waals surface area contributed by atoms with Gasteiger partial charge in [0.2, 0.25) is 5.91 Å². The third-order valence-corrected chi connectivity index (χ3v) is 3.47. The first kappa shape index (κ1) is 16.7. The monoisotopic (exact) mass is 298 g/mol. The number of nitrogens with one attached hydrogen (secondary N) is 1. The van der Waals surface area contributed by atoms with E-state index in [2.05, 4.69) is 5.32 Å². The number of likely N-dealkylation sites (N-methyl/N-ethyl adjacent to an activating group) is 1. The van der Waals surface area contributed by atoms with Crippen LogP contribution in [0.2, 0.25) is 0 Å². The molecule has 0 spiro atoms. The Bertz CT molecular complexity index is 407. The Morgan fingerprint density at radius 3 is 2.90 bits per heavy atom.